The quantitative estimate of drug-likeness (QED) is 0.442. The van der Waals surface area contributed by atoms with Crippen LogP contribution < -0.4 is 16.1 Å². The highest BCUT2D eigenvalue weighted by Crippen LogP contribution is 2.24. The van der Waals surface area contributed by atoms with E-state index in [0.717, 1.165) is 30.8 Å². The molecule has 3 N–H and O–H groups in total. The van der Waals surface area contributed by atoms with Crippen LogP contribution in [0.1, 0.15) is 17.5 Å². The number of hydrazone groups is 1. The third-order valence-corrected chi connectivity index (χ3v) is 4.78. The van der Waals surface area contributed by atoms with Crippen LogP contribution in [0.15, 0.2) is 41.5 Å². The van der Waals surface area contributed by atoms with Crippen molar-refractivity contribution in [3.8, 4) is 0 Å². The van der Waals surface area contributed by atoms with E-state index in [-0.39, 0.29) is 22.2 Å². The zero-order valence-electron chi connectivity index (χ0n) is 15.7. The first-order chi connectivity index (χ1) is 13.9. The fourth-order valence-electron chi connectivity index (χ4n) is 3.28. The minimum Gasteiger partial charge on any atom is -0.375 e. The molecule has 1 heterocycles. The van der Waals surface area contributed by atoms with Gasteiger partial charge in [0.25, 0.3) is 0 Å². The summed E-state index contributed by atoms with van der Waals surface area (Å²) in [6.07, 6.45) is 1.94. The molecule has 1 fully saturated rings. The second-order valence-electron chi connectivity index (χ2n) is 6.80. The zero-order chi connectivity index (χ0) is 20.8. The van der Waals surface area contributed by atoms with E-state index in [4.69, 9.17) is 5.73 Å². The van der Waals surface area contributed by atoms with Gasteiger partial charge in [0.05, 0.1) is 11.9 Å². The summed E-state index contributed by atoms with van der Waals surface area (Å²) < 4.78 is 42.1. The number of thiocarbonyl (C=S) groups is 1. The standard InChI is InChI=1S/C20H22F3N5S/c21-16-4-2-14(3-5-16)13-27-6-1-7-28(9-8-27)19-11-17(22)15(10-18(19)23)12-25-26-20(24)29/h2-5,10-12H,1,6-9,13H2,(H3,24,26,29). The van der Waals surface area contributed by atoms with Crippen molar-refractivity contribution in [1.82, 2.24) is 10.3 Å². The number of nitrogens with zero attached hydrogens (tertiary/aromatic N) is 3. The van der Waals surface area contributed by atoms with Gasteiger partial charge in [-0.25, -0.2) is 13.2 Å². The summed E-state index contributed by atoms with van der Waals surface area (Å²) in [6.45, 7) is 3.39. The fraction of sp³-hybridized carbons (Fsp3) is 0.300. The van der Waals surface area contributed by atoms with Crippen LogP contribution in [0.2, 0.25) is 0 Å². The Labute approximate surface area is 173 Å². The highest BCUT2D eigenvalue weighted by atomic mass is 32.1. The van der Waals surface area contributed by atoms with Crippen LogP contribution in [0.4, 0.5) is 18.9 Å². The second-order valence-corrected chi connectivity index (χ2v) is 7.24. The molecule has 0 radical (unpaired) electrons. The number of hydrogen-bond donors (Lipinski definition) is 2. The topological polar surface area (TPSA) is 56.9 Å². The summed E-state index contributed by atoms with van der Waals surface area (Å²) in [5.41, 5.74) is 8.80. The van der Waals surface area contributed by atoms with Gasteiger partial charge >= 0.3 is 0 Å². The molecule has 0 spiro atoms. The van der Waals surface area contributed by atoms with E-state index in [0.29, 0.717) is 26.2 Å². The molecule has 154 valence electrons. The largest absolute Gasteiger partial charge is 0.375 e. The Hall–Kier alpha value is -2.65. The molecule has 0 bridgehead atoms. The predicted molar refractivity (Wildman–Crippen MR) is 112 cm³/mol. The van der Waals surface area contributed by atoms with Gasteiger partial charge in [-0.3, -0.25) is 10.3 Å². The van der Waals surface area contributed by atoms with Gasteiger partial charge in [0, 0.05) is 44.4 Å². The second kappa shape index (κ2) is 9.71. The molecule has 0 aromatic heterocycles. The minimum atomic E-state index is -0.581. The van der Waals surface area contributed by atoms with Crippen molar-refractivity contribution < 1.29 is 13.2 Å². The van der Waals surface area contributed by atoms with Crippen molar-refractivity contribution in [3.05, 3.63) is 65.0 Å². The van der Waals surface area contributed by atoms with Crippen molar-refractivity contribution in [2.24, 2.45) is 10.8 Å². The summed E-state index contributed by atoms with van der Waals surface area (Å²) in [7, 11) is 0. The average molecular weight is 421 g/mol. The Morgan fingerprint density at radius 2 is 1.83 bits per heavy atom. The Morgan fingerprint density at radius 1 is 1.07 bits per heavy atom. The normalized spacial score (nSPS) is 15.5. The van der Waals surface area contributed by atoms with E-state index in [1.165, 1.54) is 18.2 Å². The fourth-order valence-corrected chi connectivity index (χ4v) is 3.33. The molecule has 2 aromatic carbocycles. The lowest BCUT2D eigenvalue weighted by atomic mass is 10.1. The Kier molecular flexibility index (Phi) is 7.05. The third kappa shape index (κ3) is 5.91. The molecule has 9 heteroatoms. The van der Waals surface area contributed by atoms with Crippen LogP contribution >= 0.6 is 12.2 Å². The van der Waals surface area contributed by atoms with Crippen molar-refractivity contribution in [2.45, 2.75) is 13.0 Å². The predicted octanol–water partition coefficient (Wildman–Crippen LogP) is 2.98. The maximum absolute atomic E-state index is 14.6. The number of nitrogens with two attached hydrogens (primary N) is 1. The van der Waals surface area contributed by atoms with Gasteiger partial charge in [0.15, 0.2) is 5.11 Å². The molecule has 1 aliphatic rings. The molecule has 2 aromatic rings. The molecule has 5 nitrogen and oxygen atoms in total. The molecular weight excluding hydrogens is 399 g/mol. The van der Waals surface area contributed by atoms with Crippen LogP contribution in [0, 0.1) is 17.5 Å². The van der Waals surface area contributed by atoms with Gasteiger partial charge in [-0.2, -0.15) is 5.10 Å². The lowest BCUT2D eigenvalue weighted by molar-refractivity contribution is 0.285. The molecular formula is C20H22F3N5S. The number of rotatable bonds is 5. The van der Waals surface area contributed by atoms with E-state index in [1.54, 1.807) is 12.1 Å². The number of hydrogen-bond acceptors (Lipinski definition) is 4. The minimum absolute atomic E-state index is 0.00255. The van der Waals surface area contributed by atoms with Crippen LogP contribution in [-0.2, 0) is 6.54 Å². The SMILES string of the molecule is NC(=S)NN=Cc1cc(F)c(N2CCCN(Cc3ccc(F)cc3)CC2)cc1F. The maximum atomic E-state index is 14.6. The molecule has 1 aliphatic heterocycles. The van der Waals surface area contributed by atoms with Gasteiger partial charge in [0.2, 0.25) is 0 Å². The molecule has 3 rings (SSSR count). The molecule has 0 aliphatic carbocycles. The third-order valence-electron chi connectivity index (χ3n) is 4.69. The van der Waals surface area contributed by atoms with Crippen molar-refractivity contribution >= 4 is 29.2 Å². The average Bonchev–Trinajstić information content (AvgIpc) is 2.91. The first-order valence-corrected chi connectivity index (χ1v) is 9.62. The van der Waals surface area contributed by atoms with E-state index in [9.17, 15) is 13.2 Å². The van der Waals surface area contributed by atoms with Gasteiger partial charge in [-0.05, 0) is 42.4 Å². The zero-order valence-corrected chi connectivity index (χ0v) is 16.6. The highest BCUT2D eigenvalue weighted by Gasteiger charge is 2.19. The van der Waals surface area contributed by atoms with Crippen LogP contribution in [0.3, 0.4) is 0 Å². The van der Waals surface area contributed by atoms with Gasteiger partial charge < -0.3 is 10.6 Å². The first kappa shape index (κ1) is 21.1. The molecule has 0 saturated carbocycles. The summed E-state index contributed by atoms with van der Waals surface area (Å²) in [6, 6.07) is 8.71. The van der Waals surface area contributed by atoms with E-state index >= 15 is 0 Å². The Morgan fingerprint density at radius 3 is 2.55 bits per heavy atom. The first-order valence-electron chi connectivity index (χ1n) is 9.21. The van der Waals surface area contributed by atoms with Crippen LogP contribution in [0.5, 0.6) is 0 Å². The summed E-state index contributed by atoms with van der Waals surface area (Å²) in [5, 5.41) is 3.60. The number of nitrogens with one attached hydrogen (secondary N) is 1. The lowest BCUT2D eigenvalue weighted by Crippen LogP contribution is -2.31. The Bertz CT molecular complexity index is 888. The lowest BCUT2D eigenvalue weighted by Gasteiger charge is -2.24. The molecule has 0 unspecified atom stereocenters. The van der Waals surface area contributed by atoms with Crippen molar-refractivity contribution in [2.75, 3.05) is 31.1 Å². The molecule has 0 amide bonds. The number of benzene rings is 2. The van der Waals surface area contributed by atoms with E-state index in [2.05, 4.69) is 27.6 Å². The van der Waals surface area contributed by atoms with Gasteiger partial charge in [-0.1, -0.05) is 12.1 Å². The van der Waals surface area contributed by atoms with Crippen LogP contribution in [-0.4, -0.2) is 42.4 Å². The van der Waals surface area contributed by atoms with Crippen molar-refractivity contribution in [1.29, 1.82) is 0 Å². The van der Waals surface area contributed by atoms with Gasteiger partial charge in [0.1, 0.15) is 17.5 Å². The molecule has 1 saturated heterocycles. The number of anilines is 1. The van der Waals surface area contributed by atoms with E-state index in [1.807, 2.05) is 4.90 Å². The number of halogens is 3. The maximum Gasteiger partial charge on any atom is 0.184 e. The highest BCUT2D eigenvalue weighted by molar-refractivity contribution is 7.80. The smallest absolute Gasteiger partial charge is 0.184 e. The monoisotopic (exact) mass is 421 g/mol. The summed E-state index contributed by atoms with van der Waals surface area (Å²) >= 11 is 4.60. The van der Waals surface area contributed by atoms with Gasteiger partial charge in [-0.15, -0.1) is 0 Å². The summed E-state index contributed by atoms with van der Waals surface area (Å²) in [4.78, 5) is 4.07. The van der Waals surface area contributed by atoms with E-state index < -0.39 is 11.6 Å². The Balaban J connectivity index is 1.66. The molecule has 29 heavy (non-hydrogen) atoms. The van der Waals surface area contributed by atoms with Crippen LogP contribution in [0.25, 0.3) is 0 Å². The van der Waals surface area contributed by atoms with Crippen molar-refractivity contribution in [3.63, 3.8) is 0 Å². The molecule has 0 atom stereocenters. The summed E-state index contributed by atoms with van der Waals surface area (Å²) in [5.74, 6) is -1.36.